The molecule has 35 heavy (non-hydrogen) atoms. The van der Waals surface area contributed by atoms with Gasteiger partial charge in [0, 0.05) is 47.2 Å². The number of amides is 1. The van der Waals surface area contributed by atoms with Gasteiger partial charge in [0.05, 0.1) is 23.9 Å². The molecule has 1 N–H and O–H groups in total. The molecule has 8 heteroatoms. The van der Waals surface area contributed by atoms with Crippen molar-refractivity contribution in [3.05, 3.63) is 64.3 Å². The largest absolute Gasteiger partial charge is 0.495 e. The van der Waals surface area contributed by atoms with Gasteiger partial charge in [-0.05, 0) is 44.5 Å². The molecule has 0 spiro atoms. The zero-order valence-corrected chi connectivity index (χ0v) is 21.2. The van der Waals surface area contributed by atoms with E-state index in [1.54, 1.807) is 25.1 Å². The summed E-state index contributed by atoms with van der Waals surface area (Å²) >= 11 is 6.09. The SMILES string of the molecule is CCC(OC(=O)c1c2c(nc3ccccc13)CCN(C(C)C)C2)C(=O)Nc1cc(Cl)ccc1OC. The Morgan fingerprint density at radius 2 is 1.97 bits per heavy atom. The average Bonchev–Trinajstić information content (AvgIpc) is 2.85. The Balaban J connectivity index is 1.65. The third-order valence-corrected chi connectivity index (χ3v) is 6.58. The number of ether oxygens (including phenoxy) is 2. The summed E-state index contributed by atoms with van der Waals surface area (Å²) < 4.78 is 11.1. The van der Waals surface area contributed by atoms with Crippen molar-refractivity contribution in [1.29, 1.82) is 0 Å². The third-order valence-electron chi connectivity index (χ3n) is 6.34. The topological polar surface area (TPSA) is 80.8 Å². The molecule has 0 saturated heterocycles. The summed E-state index contributed by atoms with van der Waals surface area (Å²) in [6, 6.07) is 12.8. The molecule has 184 valence electrons. The number of rotatable bonds is 7. The number of hydrogen-bond acceptors (Lipinski definition) is 6. The van der Waals surface area contributed by atoms with Crippen molar-refractivity contribution in [2.24, 2.45) is 0 Å². The van der Waals surface area contributed by atoms with Crippen LogP contribution in [0.2, 0.25) is 5.02 Å². The molecule has 1 aliphatic rings. The van der Waals surface area contributed by atoms with E-state index in [1.807, 2.05) is 24.3 Å². The molecule has 0 aliphatic carbocycles. The monoisotopic (exact) mass is 495 g/mol. The molecule has 2 heterocycles. The maximum atomic E-state index is 13.6. The van der Waals surface area contributed by atoms with Gasteiger partial charge in [-0.25, -0.2) is 4.79 Å². The summed E-state index contributed by atoms with van der Waals surface area (Å²) in [6.45, 7) is 7.56. The van der Waals surface area contributed by atoms with Gasteiger partial charge in [-0.3, -0.25) is 14.7 Å². The number of para-hydroxylation sites is 1. The van der Waals surface area contributed by atoms with Gasteiger partial charge in [-0.2, -0.15) is 0 Å². The summed E-state index contributed by atoms with van der Waals surface area (Å²) in [5.74, 6) is -0.505. The number of anilines is 1. The fraction of sp³-hybridized carbons (Fsp3) is 0.370. The van der Waals surface area contributed by atoms with Crippen molar-refractivity contribution in [3.8, 4) is 5.75 Å². The Labute approximate surface area is 210 Å². The predicted octanol–water partition coefficient (Wildman–Crippen LogP) is 5.24. The Hall–Kier alpha value is -3.16. The lowest BCUT2D eigenvalue weighted by Gasteiger charge is -2.32. The number of nitrogens with one attached hydrogen (secondary N) is 1. The van der Waals surface area contributed by atoms with Crippen molar-refractivity contribution >= 4 is 40.1 Å². The van der Waals surface area contributed by atoms with Crippen LogP contribution in [0.5, 0.6) is 5.75 Å². The first kappa shape index (κ1) is 24.9. The second-order valence-electron chi connectivity index (χ2n) is 8.88. The first-order valence-corrected chi connectivity index (χ1v) is 12.2. The normalized spacial score (nSPS) is 14.5. The Morgan fingerprint density at radius 1 is 1.20 bits per heavy atom. The number of carbonyl (C=O) groups is 2. The van der Waals surface area contributed by atoms with Crippen LogP contribution in [0.15, 0.2) is 42.5 Å². The van der Waals surface area contributed by atoms with Crippen LogP contribution in [0.25, 0.3) is 10.9 Å². The van der Waals surface area contributed by atoms with E-state index in [4.69, 9.17) is 26.1 Å². The van der Waals surface area contributed by atoms with Gasteiger partial charge in [-0.1, -0.05) is 36.7 Å². The van der Waals surface area contributed by atoms with Crippen molar-refractivity contribution in [2.75, 3.05) is 19.0 Å². The summed E-state index contributed by atoms with van der Waals surface area (Å²) in [6.07, 6.45) is 0.0767. The summed E-state index contributed by atoms with van der Waals surface area (Å²) in [5, 5.41) is 3.97. The molecule has 0 fully saturated rings. The average molecular weight is 496 g/mol. The van der Waals surface area contributed by atoms with Crippen LogP contribution in [-0.2, 0) is 22.5 Å². The minimum atomic E-state index is -0.987. The molecule has 0 bridgehead atoms. The maximum absolute atomic E-state index is 13.6. The first-order valence-electron chi connectivity index (χ1n) is 11.8. The predicted molar refractivity (Wildman–Crippen MR) is 137 cm³/mol. The minimum Gasteiger partial charge on any atom is -0.495 e. The number of nitrogens with zero attached hydrogens (tertiary/aromatic N) is 2. The number of fused-ring (bicyclic) bond motifs is 2. The lowest BCUT2D eigenvalue weighted by atomic mass is 9.95. The van der Waals surface area contributed by atoms with Crippen LogP contribution in [0.1, 0.15) is 48.8 Å². The van der Waals surface area contributed by atoms with Gasteiger partial charge < -0.3 is 14.8 Å². The first-order chi connectivity index (χ1) is 16.8. The summed E-state index contributed by atoms with van der Waals surface area (Å²) in [7, 11) is 1.51. The molecule has 4 rings (SSSR count). The fourth-order valence-electron chi connectivity index (χ4n) is 4.39. The molecular formula is C27H30ClN3O4. The van der Waals surface area contributed by atoms with E-state index >= 15 is 0 Å². The number of aromatic nitrogens is 1. The highest BCUT2D eigenvalue weighted by Gasteiger charge is 2.30. The van der Waals surface area contributed by atoms with E-state index in [0.717, 1.165) is 35.1 Å². The summed E-state index contributed by atoms with van der Waals surface area (Å²) in [4.78, 5) is 33.8. The molecule has 7 nitrogen and oxygen atoms in total. The zero-order valence-electron chi connectivity index (χ0n) is 20.4. The van der Waals surface area contributed by atoms with Crippen molar-refractivity contribution < 1.29 is 19.1 Å². The van der Waals surface area contributed by atoms with E-state index in [1.165, 1.54) is 7.11 Å². The molecule has 2 aromatic carbocycles. The van der Waals surface area contributed by atoms with Crippen LogP contribution in [0.3, 0.4) is 0 Å². The quantitative estimate of drug-likeness (QED) is 0.451. The third kappa shape index (κ3) is 5.26. The molecule has 1 amide bonds. The van der Waals surface area contributed by atoms with Gasteiger partial charge in [0.1, 0.15) is 5.75 Å². The van der Waals surface area contributed by atoms with Crippen LogP contribution in [-0.4, -0.2) is 47.6 Å². The van der Waals surface area contributed by atoms with Crippen molar-refractivity contribution in [1.82, 2.24) is 9.88 Å². The number of esters is 1. The van der Waals surface area contributed by atoms with Crippen LogP contribution >= 0.6 is 11.6 Å². The number of methoxy groups -OCH3 is 1. The number of halogens is 1. The van der Waals surface area contributed by atoms with Gasteiger partial charge in [0.25, 0.3) is 5.91 Å². The van der Waals surface area contributed by atoms with Crippen molar-refractivity contribution in [3.63, 3.8) is 0 Å². The second-order valence-corrected chi connectivity index (χ2v) is 9.32. The molecule has 1 aliphatic heterocycles. The maximum Gasteiger partial charge on any atom is 0.340 e. The van der Waals surface area contributed by atoms with Gasteiger partial charge >= 0.3 is 5.97 Å². The number of benzene rings is 2. The zero-order chi connectivity index (χ0) is 25.1. The molecule has 3 aromatic rings. The van der Waals surface area contributed by atoms with Gasteiger partial charge in [0.15, 0.2) is 6.10 Å². The molecule has 0 radical (unpaired) electrons. The standard InChI is InChI=1S/C27H30ClN3O4/c1-5-23(26(32)30-22-14-17(28)10-11-24(22)34-4)35-27(33)25-18-8-6-7-9-20(18)29-21-12-13-31(16(2)3)15-19(21)25/h6-11,14,16,23H,5,12-13,15H2,1-4H3,(H,30,32). The Kier molecular flexibility index (Phi) is 7.57. The van der Waals surface area contributed by atoms with Gasteiger partial charge in [0.2, 0.25) is 0 Å². The van der Waals surface area contributed by atoms with Crippen molar-refractivity contribution in [2.45, 2.75) is 52.3 Å². The minimum absolute atomic E-state index is 0.309. The second kappa shape index (κ2) is 10.6. The molecule has 1 atom stereocenters. The molecule has 1 aromatic heterocycles. The van der Waals surface area contributed by atoms with E-state index in [2.05, 4.69) is 24.1 Å². The molecular weight excluding hydrogens is 466 g/mol. The highest BCUT2D eigenvalue weighted by atomic mass is 35.5. The van der Waals surface area contributed by atoms with E-state index in [-0.39, 0.29) is 0 Å². The van der Waals surface area contributed by atoms with Gasteiger partial charge in [-0.15, -0.1) is 0 Å². The number of pyridine rings is 1. The lowest BCUT2D eigenvalue weighted by molar-refractivity contribution is -0.124. The summed E-state index contributed by atoms with van der Waals surface area (Å²) in [5.41, 5.74) is 3.44. The highest BCUT2D eigenvalue weighted by Crippen LogP contribution is 2.31. The van der Waals surface area contributed by atoms with Crippen LogP contribution in [0.4, 0.5) is 5.69 Å². The van der Waals surface area contributed by atoms with Crippen LogP contribution in [0, 0.1) is 0 Å². The highest BCUT2D eigenvalue weighted by molar-refractivity contribution is 6.31. The fourth-order valence-corrected chi connectivity index (χ4v) is 4.56. The number of carbonyl (C=O) groups excluding carboxylic acids is 2. The Bertz CT molecular complexity index is 1260. The Morgan fingerprint density at radius 3 is 2.69 bits per heavy atom. The smallest absolute Gasteiger partial charge is 0.340 e. The molecule has 1 unspecified atom stereocenters. The van der Waals surface area contributed by atoms with Crippen LogP contribution < -0.4 is 10.1 Å². The number of hydrogen-bond donors (Lipinski definition) is 1. The molecule has 0 saturated carbocycles. The van der Waals surface area contributed by atoms with E-state index < -0.39 is 18.0 Å². The van der Waals surface area contributed by atoms with E-state index in [9.17, 15) is 9.59 Å². The lowest BCUT2D eigenvalue weighted by Crippen LogP contribution is -2.38. The van der Waals surface area contributed by atoms with E-state index in [0.29, 0.717) is 41.0 Å².